The Morgan fingerprint density at radius 2 is 2.07 bits per heavy atom. The summed E-state index contributed by atoms with van der Waals surface area (Å²) in [6.07, 6.45) is 3.53. The number of anilines is 1. The molecule has 2 aliphatic rings. The Labute approximate surface area is 171 Å². The van der Waals surface area contributed by atoms with Crippen molar-refractivity contribution in [1.82, 2.24) is 9.97 Å². The van der Waals surface area contributed by atoms with Crippen LogP contribution in [0.1, 0.15) is 24.8 Å². The summed E-state index contributed by atoms with van der Waals surface area (Å²) < 4.78 is 38.2. The molecule has 4 rings (SSSR count). The molecule has 1 atom stereocenters. The van der Waals surface area contributed by atoms with E-state index in [1.165, 1.54) is 25.3 Å². The van der Waals surface area contributed by atoms with E-state index in [4.69, 9.17) is 21.1 Å². The van der Waals surface area contributed by atoms with Gasteiger partial charge in [0.1, 0.15) is 12.4 Å². The lowest BCUT2D eigenvalue weighted by molar-refractivity contribution is -0.143. The average molecular weight is 424 g/mol. The summed E-state index contributed by atoms with van der Waals surface area (Å²) in [5.74, 6) is -1.31. The van der Waals surface area contributed by atoms with Gasteiger partial charge in [0.05, 0.1) is 19.2 Å². The average Bonchev–Trinajstić information content (AvgIpc) is 3.41. The zero-order valence-corrected chi connectivity index (χ0v) is 16.6. The Balaban J connectivity index is 1.41. The third-order valence-corrected chi connectivity index (χ3v) is 6.03. The second-order valence-corrected chi connectivity index (χ2v) is 7.91. The van der Waals surface area contributed by atoms with Gasteiger partial charge >= 0.3 is 5.97 Å². The smallest absolute Gasteiger partial charge is 0.309 e. The minimum atomic E-state index is -0.718. The van der Waals surface area contributed by atoms with E-state index in [1.807, 2.05) is 4.90 Å². The highest BCUT2D eigenvalue weighted by atomic mass is 35.5. The van der Waals surface area contributed by atoms with Gasteiger partial charge in [-0.15, -0.1) is 0 Å². The van der Waals surface area contributed by atoms with Gasteiger partial charge < -0.3 is 14.4 Å². The van der Waals surface area contributed by atoms with Crippen LogP contribution in [0.2, 0.25) is 5.02 Å². The molecule has 9 heteroatoms. The molecule has 1 aromatic heterocycles. The number of hydrogen-bond donors (Lipinski definition) is 0. The Hall–Kier alpha value is -2.48. The van der Waals surface area contributed by atoms with Gasteiger partial charge in [-0.3, -0.25) is 4.79 Å². The number of halogens is 3. The number of benzene rings is 1. The van der Waals surface area contributed by atoms with Crippen LogP contribution in [-0.2, 0) is 16.1 Å². The number of aromatic nitrogens is 2. The lowest BCUT2D eigenvalue weighted by Crippen LogP contribution is -2.37. The molecule has 0 N–H and O–H groups in total. The predicted molar refractivity (Wildman–Crippen MR) is 102 cm³/mol. The van der Waals surface area contributed by atoms with E-state index in [0.29, 0.717) is 19.0 Å². The number of carbonyl (C=O) groups is 1. The van der Waals surface area contributed by atoms with Crippen molar-refractivity contribution < 1.29 is 23.0 Å². The zero-order chi connectivity index (χ0) is 20.6. The van der Waals surface area contributed by atoms with Crippen molar-refractivity contribution >= 4 is 23.5 Å². The van der Waals surface area contributed by atoms with Crippen LogP contribution in [0.3, 0.4) is 0 Å². The van der Waals surface area contributed by atoms with Crippen molar-refractivity contribution in [1.29, 1.82) is 0 Å². The molecule has 6 nitrogen and oxygen atoms in total. The van der Waals surface area contributed by atoms with Crippen LogP contribution in [-0.4, -0.2) is 36.1 Å². The normalized spacial score (nSPS) is 19.9. The molecule has 29 heavy (non-hydrogen) atoms. The number of hydrogen-bond acceptors (Lipinski definition) is 6. The summed E-state index contributed by atoms with van der Waals surface area (Å²) in [5.41, 5.74) is 0.256. The SMILES string of the molecule is COC(=O)C1CC12CCN(c1ncc(F)c(OCc3ccc(Cl)cc3F)n1)CC2. The highest BCUT2D eigenvalue weighted by Gasteiger charge is 2.59. The Bertz CT molecular complexity index is 935. The van der Waals surface area contributed by atoms with Gasteiger partial charge in [-0.05, 0) is 36.8 Å². The molecule has 1 aliphatic heterocycles. The quantitative estimate of drug-likeness (QED) is 0.682. The molecule has 1 saturated carbocycles. The standard InChI is InChI=1S/C20H20ClF2N3O3/c1-28-18(27)14-9-20(14)4-6-26(7-5-20)19-24-10-16(23)17(25-19)29-11-12-2-3-13(21)8-15(12)22/h2-3,8,10,14H,4-7,9,11H2,1H3. The van der Waals surface area contributed by atoms with Crippen molar-refractivity contribution in [2.45, 2.75) is 25.9 Å². The first-order chi connectivity index (χ1) is 13.9. The van der Waals surface area contributed by atoms with Crippen molar-refractivity contribution in [3.05, 3.63) is 46.6 Å². The van der Waals surface area contributed by atoms with Crippen molar-refractivity contribution in [3.8, 4) is 5.88 Å². The molecule has 154 valence electrons. The van der Waals surface area contributed by atoms with E-state index in [2.05, 4.69) is 9.97 Å². The van der Waals surface area contributed by atoms with Crippen molar-refractivity contribution in [2.24, 2.45) is 11.3 Å². The molecule has 1 spiro atoms. The summed E-state index contributed by atoms with van der Waals surface area (Å²) in [6, 6.07) is 4.19. The van der Waals surface area contributed by atoms with Crippen LogP contribution in [0.5, 0.6) is 5.88 Å². The minimum Gasteiger partial charge on any atom is -0.470 e. The summed E-state index contributed by atoms with van der Waals surface area (Å²) in [6.45, 7) is 1.13. The fraction of sp³-hybridized carbons (Fsp3) is 0.450. The predicted octanol–water partition coefficient (Wildman–Crippen LogP) is 3.77. The molecule has 1 saturated heterocycles. The first-order valence-corrected chi connectivity index (χ1v) is 9.72. The second kappa shape index (κ2) is 7.74. The van der Waals surface area contributed by atoms with Gasteiger partial charge in [-0.1, -0.05) is 17.7 Å². The number of ether oxygens (including phenoxy) is 2. The van der Waals surface area contributed by atoms with Gasteiger partial charge in [0.15, 0.2) is 0 Å². The van der Waals surface area contributed by atoms with Crippen molar-refractivity contribution in [2.75, 3.05) is 25.1 Å². The maximum absolute atomic E-state index is 14.1. The van der Waals surface area contributed by atoms with E-state index in [9.17, 15) is 13.6 Å². The molecule has 1 aliphatic carbocycles. The van der Waals surface area contributed by atoms with Crippen molar-refractivity contribution in [3.63, 3.8) is 0 Å². The number of esters is 1. The van der Waals surface area contributed by atoms with Crippen LogP contribution in [0.25, 0.3) is 0 Å². The molecule has 1 unspecified atom stereocenters. The third kappa shape index (κ3) is 3.99. The molecular weight excluding hydrogens is 404 g/mol. The molecule has 0 radical (unpaired) electrons. The fourth-order valence-corrected chi connectivity index (χ4v) is 4.07. The summed E-state index contributed by atoms with van der Waals surface area (Å²) in [7, 11) is 1.41. The maximum Gasteiger partial charge on any atom is 0.309 e. The van der Waals surface area contributed by atoms with Gasteiger partial charge in [-0.2, -0.15) is 9.37 Å². The minimum absolute atomic E-state index is 0.00899. The topological polar surface area (TPSA) is 64.5 Å². The zero-order valence-electron chi connectivity index (χ0n) is 15.8. The molecule has 0 amide bonds. The Morgan fingerprint density at radius 3 is 2.76 bits per heavy atom. The molecule has 2 heterocycles. The van der Waals surface area contributed by atoms with Gasteiger partial charge in [0, 0.05) is 23.7 Å². The van der Waals surface area contributed by atoms with Crippen LogP contribution in [0, 0.1) is 23.0 Å². The fourth-order valence-electron chi connectivity index (χ4n) is 3.91. The molecule has 1 aromatic carbocycles. The van der Waals surface area contributed by atoms with Gasteiger partial charge in [-0.25, -0.2) is 9.37 Å². The molecule has 0 bridgehead atoms. The number of rotatable bonds is 5. The lowest BCUT2D eigenvalue weighted by Gasteiger charge is -2.32. The van der Waals surface area contributed by atoms with E-state index >= 15 is 0 Å². The highest BCUT2D eigenvalue weighted by Crippen LogP contribution is 2.59. The van der Waals surface area contributed by atoms with E-state index in [0.717, 1.165) is 25.5 Å². The monoisotopic (exact) mass is 423 g/mol. The maximum atomic E-state index is 14.1. The largest absolute Gasteiger partial charge is 0.470 e. The van der Waals surface area contributed by atoms with Crippen LogP contribution in [0.4, 0.5) is 14.7 Å². The summed E-state index contributed by atoms with van der Waals surface area (Å²) >= 11 is 5.73. The first kappa shape index (κ1) is 19.8. The molecular formula is C20H20ClF2N3O3. The number of methoxy groups -OCH3 is 1. The molecule has 2 aromatic rings. The van der Waals surface area contributed by atoms with E-state index in [1.54, 1.807) is 0 Å². The van der Waals surface area contributed by atoms with Gasteiger partial charge in [0.25, 0.3) is 5.88 Å². The highest BCUT2D eigenvalue weighted by molar-refractivity contribution is 6.30. The Kier molecular flexibility index (Phi) is 5.29. The Morgan fingerprint density at radius 1 is 1.31 bits per heavy atom. The number of piperidine rings is 1. The summed E-state index contributed by atoms with van der Waals surface area (Å²) in [4.78, 5) is 21.9. The number of nitrogens with zero attached hydrogens (tertiary/aromatic N) is 3. The van der Waals surface area contributed by atoms with Crippen LogP contribution < -0.4 is 9.64 Å². The third-order valence-electron chi connectivity index (χ3n) is 5.80. The summed E-state index contributed by atoms with van der Waals surface area (Å²) in [5, 5.41) is 0.273. The molecule has 2 fully saturated rings. The van der Waals surface area contributed by atoms with Crippen LogP contribution >= 0.6 is 11.6 Å². The van der Waals surface area contributed by atoms with E-state index < -0.39 is 11.6 Å². The van der Waals surface area contributed by atoms with Crippen LogP contribution in [0.15, 0.2) is 24.4 Å². The van der Waals surface area contributed by atoms with Gasteiger partial charge in [0.2, 0.25) is 11.8 Å². The lowest BCUT2D eigenvalue weighted by atomic mass is 9.91. The second-order valence-electron chi connectivity index (χ2n) is 7.48. The number of carbonyl (C=O) groups excluding carboxylic acids is 1. The first-order valence-electron chi connectivity index (χ1n) is 9.34. The van der Waals surface area contributed by atoms with E-state index in [-0.39, 0.29) is 40.4 Å².